The molecule has 94 valence electrons. The zero-order valence-corrected chi connectivity index (χ0v) is 9.88. The summed E-state index contributed by atoms with van der Waals surface area (Å²) in [6, 6.07) is 6.35. The van der Waals surface area contributed by atoms with E-state index in [1.54, 1.807) is 19.1 Å². The van der Waals surface area contributed by atoms with Crippen LogP contribution >= 0.6 is 0 Å². The third kappa shape index (κ3) is 2.82. The van der Waals surface area contributed by atoms with Gasteiger partial charge in [0, 0.05) is 24.2 Å². The molecule has 0 unspecified atom stereocenters. The van der Waals surface area contributed by atoms with Crippen LogP contribution in [-0.4, -0.2) is 29.7 Å². The van der Waals surface area contributed by atoms with E-state index in [1.807, 2.05) is 0 Å². The number of nitro groups is 1. The Kier molecular flexibility index (Phi) is 3.52. The van der Waals surface area contributed by atoms with Crippen LogP contribution in [0, 0.1) is 10.1 Å². The number of non-ortho nitro benzene ring substituents is 1. The van der Waals surface area contributed by atoms with Crippen LogP contribution in [-0.2, 0) is 0 Å². The summed E-state index contributed by atoms with van der Waals surface area (Å²) in [6.07, 6.45) is 0. The smallest absolute Gasteiger partial charge is 0.270 e. The minimum atomic E-state index is -0.424. The van der Waals surface area contributed by atoms with E-state index >= 15 is 0 Å². The number of hydrazone groups is 1. The number of rotatable bonds is 3. The Morgan fingerprint density at radius 2 is 2.44 bits per heavy atom. The number of nitrogens with zero attached hydrogens (tertiary/aromatic N) is 3. The summed E-state index contributed by atoms with van der Waals surface area (Å²) in [6.45, 7) is 3.31. The highest BCUT2D eigenvalue weighted by molar-refractivity contribution is 5.99. The average molecular weight is 247 g/mol. The van der Waals surface area contributed by atoms with Crippen LogP contribution in [0.5, 0.6) is 0 Å². The second-order valence-corrected chi connectivity index (χ2v) is 3.77. The molecule has 0 amide bonds. The monoisotopic (exact) mass is 247 g/mol. The summed E-state index contributed by atoms with van der Waals surface area (Å²) in [5, 5.41) is 17.8. The van der Waals surface area contributed by atoms with E-state index < -0.39 is 4.92 Å². The van der Waals surface area contributed by atoms with Crippen molar-refractivity contribution in [2.75, 3.05) is 13.1 Å². The van der Waals surface area contributed by atoms with Crippen LogP contribution in [0.2, 0.25) is 0 Å². The third-order valence-corrected chi connectivity index (χ3v) is 2.48. The fourth-order valence-corrected chi connectivity index (χ4v) is 1.52. The van der Waals surface area contributed by atoms with E-state index in [1.165, 1.54) is 12.1 Å². The SMILES string of the molecule is C/C(=N\NC1=NCCN1)c1cccc([N+](=O)[O-])c1. The van der Waals surface area contributed by atoms with Crippen LogP contribution in [0.3, 0.4) is 0 Å². The number of hydrogen-bond donors (Lipinski definition) is 2. The molecule has 7 heteroatoms. The molecule has 0 saturated carbocycles. The standard InChI is InChI=1S/C11H13N5O2/c1-8(14-15-11-12-5-6-13-11)9-3-2-4-10(7-9)16(17)18/h2-4,7H,5-6H2,1H3,(H2,12,13,15)/b14-8+. The van der Waals surface area contributed by atoms with Gasteiger partial charge in [-0.25, -0.2) is 10.4 Å². The summed E-state index contributed by atoms with van der Waals surface area (Å²) in [4.78, 5) is 14.4. The van der Waals surface area contributed by atoms with Gasteiger partial charge in [0.1, 0.15) is 0 Å². The number of aliphatic imine (C=N–C) groups is 1. The second kappa shape index (κ2) is 5.26. The van der Waals surface area contributed by atoms with Crippen molar-refractivity contribution in [1.29, 1.82) is 0 Å². The number of nitro benzene ring substituents is 1. The molecule has 2 rings (SSSR count). The van der Waals surface area contributed by atoms with Crippen LogP contribution < -0.4 is 10.7 Å². The molecule has 0 fully saturated rings. The molecular weight excluding hydrogens is 234 g/mol. The molecule has 2 N–H and O–H groups in total. The summed E-state index contributed by atoms with van der Waals surface area (Å²) >= 11 is 0. The van der Waals surface area contributed by atoms with E-state index in [4.69, 9.17) is 0 Å². The van der Waals surface area contributed by atoms with Crippen LogP contribution in [0.4, 0.5) is 5.69 Å². The summed E-state index contributed by atoms with van der Waals surface area (Å²) in [7, 11) is 0. The van der Waals surface area contributed by atoms with E-state index in [0.717, 1.165) is 13.1 Å². The Hall–Kier alpha value is -2.44. The molecule has 0 atom stereocenters. The van der Waals surface area contributed by atoms with Gasteiger partial charge in [-0.3, -0.25) is 10.1 Å². The van der Waals surface area contributed by atoms with Gasteiger partial charge in [0.25, 0.3) is 5.69 Å². The summed E-state index contributed by atoms with van der Waals surface area (Å²) < 4.78 is 0. The number of guanidine groups is 1. The molecule has 0 aliphatic carbocycles. The molecule has 7 nitrogen and oxygen atoms in total. The Labute approximate surface area is 104 Å². The third-order valence-electron chi connectivity index (χ3n) is 2.48. The largest absolute Gasteiger partial charge is 0.353 e. The second-order valence-electron chi connectivity index (χ2n) is 3.77. The molecule has 18 heavy (non-hydrogen) atoms. The molecular formula is C11H13N5O2. The van der Waals surface area contributed by atoms with Crippen molar-refractivity contribution in [3.63, 3.8) is 0 Å². The molecule has 1 aromatic carbocycles. The first-order valence-electron chi connectivity index (χ1n) is 5.50. The fraction of sp³-hybridized carbons (Fsp3) is 0.273. The quantitative estimate of drug-likeness (QED) is 0.471. The predicted molar refractivity (Wildman–Crippen MR) is 68.7 cm³/mol. The lowest BCUT2D eigenvalue weighted by atomic mass is 10.1. The van der Waals surface area contributed by atoms with Gasteiger partial charge in [-0.15, -0.1) is 0 Å². The van der Waals surface area contributed by atoms with Gasteiger partial charge < -0.3 is 5.32 Å². The first-order valence-corrected chi connectivity index (χ1v) is 5.50. The van der Waals surface area contributed by atoms with Crippen molar-refractivity contribution in [2.24, 2.45) is 10.1 Å². The topological polar surface area (TPSA) is 91.9 Å². The fourth-order valence-electron chi connectivity index (χ4n) is 1.52. The molecule has 1 aromatic rings. The van der Waals surface area contributed by atoms with Gasteiger partial charge in [-0.1, -0.05) is 12.1 Å². The highest BCUT2D eigenvalue weighted by Crippen LogP contribution is 2.13. The Balaban J connectivity index is 2.12. The highest BCUT2D eigenvalue weighted by atomic mass is 16.6. The van der Waals surface area contributed by atoms with Gasteiger partial charge in [-0.05, 0) is 6.92 Å². The number of nitrogens with one attached hydrogen (secondary N) is 2. The van der Waals surface area contributed by atoms with E-state index in [2.05, 4.69) is 20.8 Å². The predicted octanol–water partition coefficient (Wildman–Crippen LogP) is 0.868. The van der Waals surface area contributed by atoms with Gasteiger partial charge in [0.05, 0.1) is 17.2 Å². The Morgan fingerprint density at radius 3 is 3.11 bits per heavy atom. The Bertz CT molecular complexity index is 524. The van der Waals surface area contributed by atoms with Gasteiger partial charge in [-0.2, -0.15) is 5.10 Å². The van der Waals surface area contributed by atoms with Crippen LogP contribution in [0.15, 0.2) is 34.4 Å². The molecule has 0 spiro atoms. The molecule has 1 aliphatic rings. The van der Waals surface area contributed by atoms with Crippen molar-refractivity contribution in [3.8, 4) is 0 Å². The lowest BCUT2D eigenvalue weighted by Gasteiger charge is -2.03. The minimum Gasteiger partial charge on any atom is -0.353 e. The Morgan fingerprint density at radius 1 is 1.61 bits per heavy atom. The average Bonchev–Trinajstić information content (AvgIpc) is 2.89. The number of benzene rings is 1. The minimum absolute atomic E-state index is 0.0541. The maximum Gasteiger partial charge on any atom is 0.270 e. The highest BCUT2D eigenvalue weighted by Gasteiger charge is 2.08. The number of hydrogen-bond acceptors (Lipinski definition) is 6. The van der Waals surface area contributed by atoms with Crippen molar-refractivity contribution in [1.82, 2.24) is 10.7 Å². The van der Waals surface area contributed by atoms with Gasteiger partial charge >= 0.3 is 0 Å². The summed E-state index contributed by atoms with van der Waals surface area (Å²) in [5.41, 5.74) is 4.21. The van der Waals surface area contributed by atoms with Gasteiger partial charge in [0.15, 0.2) is 0 Å². The van der Waals surface area contributed by atoms with E-state index in [9.17, 15) is 10.1 Å². The van der Waals surface area contributed by atoms with Crippen LogP contribution in [0.1, 0.15) is 12.5 Å². The molecule has 0 saturated heterocycles. The molecule has 0 radical (unpaired) electrons. The van der Waals surface area contributed by atoms with Crippen molar-refractivity contribution in [2.45, 2.75) is 6.92 Å². The van der Waals surface area contributed by atoms with Crippen LogP contribution in [0.25, 0.3) is 0 Å². The lowest BCUT2D eigenvalue weighted by molar-refractivity contribution is -0.384. The first-order chi connectivity index (χ1) is 8.66. The first kappa shape index (κ1) is 12.0. The molecule has 1 heterocycles. The van der Waals surface area contributed by atoms with Crippen molar-refractivity contribution in [3.05, 3.63) is 39.9 Å². The maximum absolute atomic E-state index is 10.7. The zero-order valence-electron chi connectivity index (χ0n) is 9.88. The van der Waals surface area contributed by atoms with Gasteiger partial charge in [0.2, 0.25) is 5.96 Å². The molecule has 0 aromatic heterocycles. The van der Waals surface area contributed by atoms with Crippen molar-refractivity contribution >= 4 is 17.4 Å². The molecule has 0 bridgehead atoms. The normalized spacial score (nSPS) is 14.9. The lowest BCUT2D eigenvalue weighted by Crippen LogP contribution is -2.30. The summed E-state index contributed by atoms with van der Waals surface area (Å²) in [5.74, 6) is 0.625. The molecule has 1 aliphatic heterocycles. The maximum atomic E-state index is 10.7. The zero-order chi connectivity index (χ0) is 13.0. The van der Waals surface area contributed by atoms with E-state index in [-0.39, 0.29) is 5.69 Å². The van der Waals surface area contributed by atoms with E-state index in [0.29, 0.717) is 17.2 Å². The van der Waals surface area contributed by atoms with Crippen molar-refractivity contribution < 1.29 is 4.92 Å².